The summed E-state index contributed by atoms with van der Waals surface area (Å²) in [5, 5.41) is 0. The highest BCUT2D eigenvalue weighted by Gasteiger charge is 2.11. The van der Waals surface area contributed by atoms with Crippen LogP contribution in [0.4, 0.5) is 0 Å². The fourth-order valence-electron chi connectivity index (χ4n) is 2.27. The Bertz CT molecular complexity index is 162. The molecular formula is C14H33N2P. The summed E-state index contributed by atoms with van der Waals surface area (Å²) < 4.78 is 4.77. The van der Waals surface area contributed by atoms with Gasteiger partial charge in [-0.3, -0.25) is 9.34 Å². The van der Waals surface area contributed by atoms with E-state index in [0.717, 1.165) is 14.8 Å². The summed E-state index contributed by atoms with van der Waals surface area (Å²) >= 11 is 0. The summed E-state index contributed by atoms with van der Waals surface area (Å²) in [5.74, 6) is 0.916. The van der Waals surface area contributed by atoms with E-state index in [2.05, 4.69) is 44.3 Å². The molecule has 2 atom stereocenters. The second-order valence-electron chi connectivity index (χ2n) is 5.38. The van der Waals surface area contributed by atoms with Gasteiger partial charge in [-0.25, -0.2) is 0 Å². The predicted octanol–water partition coefficient (Wildman–Crippen LogP) is 4.38. The first-order valence-electron chi connectivity index (χ1n) is 7.24. The first kappa shape index (κ1) is 17.4. The summed E-state index contributed by atoms with van der Waals surface area (Å²) in [7, 11) is 7.41. The minimum atomic E-state index is 0.832. The van der Waals surface area contributed by atoms with Crippen molar-refractivity contribution in [1.82, 2.24) is 9.34 Å². The average molecular weight is 260 g/mol. The molecule has 0 saturated heterocycles. The molecule has 0 saturated carbocycles. The van der Waals surface area contributed by atoms with E-state index in [9.17, 15) is 0 Å². The van der Waals surface area contributed by atoms with Crippen LogP contribution < -0.4 is 0 Å². The highest BCUT2D eigenvalue weighted by Crippen LogP contribution is 2.24. The van der Waals surface area contributed by atoms with Gasteiger partial charge in [-0.05, 0) is 39.9 Å². The number of rotatable bonds is 11. The zero-order valence-electron chi connectivity index (χ0n) is 12.6. The Morgan fingerprint density at radius 3 is 2.00 bits per heavy atom. The first-order valence-corrected chi connectivity index (χ1v) is 8.14. The van der Waals surface area contributed by atoms with Gasteiger partial charge in [-0.15, -0.1) is 0 Å². The minimum absolute atomic E-state index is 0.832. The molecule has 0 aromatic rings. The third-order valence-corrected chi connectivity index (χ3v) is 4.01. The van der Waals surface area contributed by atoms with Crippen molar-refractivity contribution in [3.63, 3.8) is 0 Å². The van der Waals surface area contributed by atoms with Crippen molar-refractivity contribution in [2.75, 3.05) is 27.7 Å². The molecule has 3 heteroatoms. The van der Waals surface area contributed by atoms with E-state index >= 15 is 0 Å². The van der Waals surface area contributed by atoms with Gasteiger partial charge in [0.15, 0.2) is 0 Å². The van der Waals surface area contributed by atoms with E-state index in [1.54, 1.807) is 0 Å². The molecule has 0 N–H and O–H groups in total. The zero-order valence-corrected chi connectivity index (χ0v) is 13.6. The number of nitrogens with zero attached hydrogens (tertiary/aromatic N) is 2. The Balaban J connectivity index is 3.89. The van der Waals surface area contributed by atoms with Crippen molar-refractivity contribution in [3.8, 4) is 0 Å². The van der Waals surface area contributed by atoms with E-state index in [4.69, 9.17) is 0 Å². The van der Waals surface area contributed by atoms with Crippen molar-refractivity contribution in [3.05, 3.63) is 0 Å². The molecule has 0 aromatic carbocycles. The molecule has 17 heavy (non-hydrogen) atoms. The van der Waals surface area contributed by atoms with E-state index in [0.29, 0.717) is 0 Å². The van der Waals surface area contributed by atoms with Crippen LogP contribution in [-0.2, 0) is 0 Å². The van der Waals surface area contributed by atoms with E-state index in [1.807, 2.05) is 0 Å². The van der Waals surface area contributed by atoms with Crippen molar-refractivity contribution in [2.45, 2.75) is 58.8 Å². The van der Waals surface area contributed by atoms with Gasteiger partial charge in [0.25, 0.3) is 0 Å². The second kappa shape index (κ2) is 11.4. The summed E-state index contributed by atoms with van der Waals surface area (Å²) in [5.41, 5.74) is 0. The molecule has 0 radical (unpaired) electrons. The predicted molar refractivity (Wildman–Crippen MR) is 81.8 cm³/mol. The monoisotopic (exact) mass is 260 g/mol. The smallest absolute Gasteiger partial charge is 0.0232 e. The lowest BCUT2D eigenvalue weighted by Gasteiger charge is -2.26. The Hall–Kier alpha value is 0.350. The molecule has 2 unspecified atom stereocenters. The molecule has 0 heterocycles. The molecule has 0 fully saturated rings. The Morgan fingerprint density at radius 1 is 0.882 bits per heavy atom. The quantitative estimate of drug-likeness (QED) is 0.402. The summed E-state index contributed by atoms with van der Waals surface area (Å²) in [6.45, 7) is 5.87. The maximum Gasteiger partial charge on any atom is 0.0232 e. The molecule has 0 amide bonds. The molecule has 2 nitrogen and oxygen atoms in total. The van der Waals surface area contributed by atoms with Gasteiger partial charge in [-0.2, -0.15) is 0 Å². The van der Waals surface area contributed by atoms with Gasteiger partial charge in [0.1, 0.15) is 0 Å². The zero-order chi connectivity index (χ0) is 13.1. The van der Waals surface area contributed by atoms with Crippen molar-refractivity contribution in [1.29, 1.82) is 0 Å². The van der Waals surface area contributed by atoms with E-state index in [1.165, 1.54) is 51.5 Å². The van der Waals surface area contributed by atoms with Gasteiger partial charge >= 0.3 is 0 Å². The Morgan fingerprint density at radius 2 is 1.47 bits per heavy atom. The highest BCUT2D eigenvalue weighted by molar-refractivity contribution is 7.32. The Kier molecular flexibility index (Phi) is 11.7. The molecule has 0 aliphatic rings. The van der Waals surface area contributed by atoms with E-state index < -0.39 is 0 Å². The third kappa shape index (κ3) is 11.2. The third-order valence-electron chi connectivity index (χ3n) is 3.08. The van der Waals surface area contributed by atoms with Gasteiger partial charge in [0.05, 0.1) is 0 Å². The largest absolute Gasteiger partial charge is 0.279 e. The van der Waals surface area contributed by atoms with Crippen molar-refractivity contribution in [2.24, 2.45) is 5.92 Å². The molecule has 104 valence electrons. The molecule has 0 rings (SSSR count). The van der Waals surface area contributed by atoms with Crippen LogP contribution in [-0.4, -0.2) is 37.0 Å². The lowest BCUT2D eigenvalue weighted by molar-refractivity contribution is 0.341. The standard InChI is InChI=1S/C14H33N2P/c1-6-8-10-12-14(11-9-7-2)13-16(5)17-15(3)4/h14,17H,6-13H2,1-5H3. The van der Waals surface area contributed by atoms with Gasteiger partial charge in [0.2, 0.25) is 0 Å². The second-order valence-corrected chi connectivity index (χ2v) is 7.24. The van der Waals surface area contributed by atoms with Crippen LogP contribution in [0.2, 0.25) is 0 Å². The van der Waals surface area contributed by atoms with Crippen LogP contribution in [0.25, 0.3) is 0 Å². The SMILES string of the molecule is CCCCCC(CCCC)CN(C)PN(C)C. The highest BCUT2D eigenvalue weighted by atomic mass is 31.1. The Labute approximate surface area is 111 Å². The average Bonchev–Trinajstić information content (AvgIpc) is 2.24. The molecule has 0 aliphatic carbocycles. The summed E-state index contributed by atoms with van der Waals surface area (Å²) in [4.78, 5) is 0. The van der Waals surface area contributed by atoms with Gasteiger partial charge in [-0.1, -0.05) is 46.0 Å². The van der Waals surface area contributed by atoms with Crippen LogP contribution in [0.15, 0.2) is 0 Å². The van der Waals surface area contributed by atoms with Crippen LogP contribution in [0.1, 0.15) is 58.8 Å². The topological polar surface area (TPSA) is 6.48 Å². The van der Waals surface area contributed by atoms with Crippen molar-refractivity contribution < 1.29 is 0 Å². The number of hydrogen-bond acceptors (Lipinski definition) is 2. The van der Waals surface area contributed by atoms with Crippen LogP contribution >= 0.6 is 8.88 Å². The maximum absolute atomic E-state index is 2.49. The lowest BCUT2D eigenvalue weighted by atomic mass is 9.95. The van der Waals surface area contributed by atoms with E-state index in [-0.39, 0.29) is 0 Å². The van der Waals surface area contributed by atoms with Crippen LogP contribution in [0.5, 0.6) is 0 Å². The fraction of sp³-hybridized carbons (Fsp3) is 1.00. The lowest BCUT2D eigenvalue weighted by Crippen LogP contribution is -2.22. The number of unbranched alkanes of at least 4 members (excludes halogenated alkanes) is 3. The fourth-order valence-corrected chi connectivity index (χ4v) is 3.29. The van der Waals surface area contributed by atoms with Crippen LogP contribution in [0.3, 0.4) is 0 Å². The summed E-state index contributed by atoms with van der Waals surface area (Å²) in [6, 6.07) is 0. The molecule has 0 spiro atoms. The molecular weight excluding hydrogens is 227 g/mol. The molecule has 0 aliphatic heterocycles. The van der Waals surface area contributed by atoms with Gasteiger partial charge < -0.3 is 0 Å². The van der Waals surface area contributed by atoms with Crippen molar-refractivity contribution >= 4 is 8.88 Å². The van der Waals surface area contributed by atoms with Crippen LogP contribution in [0, 0.1) is 5.92 Å². The molecule has 0 aromatic heterocycles. The number of hydrogen-bond donors (Lipinski definition) is 0. The minimum Gasteiger partial charge on any atom is -0.279 e. The van der Waals surface area contributed by atoms with Gasteiger partial charge in [0, 0.05) is 15.4 Å². The summed E-state index contributed by atoms with van der Waals surface area (Å²) in [6.07, 6.45) is 9.75. The first-order chi connectivity index (χ1) is 8.10. The normalized spacial score (nSPS) is 14.3. The maximum atomic E-state index is 2.49. The molecule has 0 bridgehead atoms.